The predicted molar refractivity (Wildman–Crippen MR) is 105 cm³/mol. The molecule has 0 aliphatic carbocycles. The van der Waals surface area contributed by atoms with E-state index in [0.717, 1.165) is 30.3 Å². The molecule has 2 heterocycles. The van der Waals surface area contributed by atoms with Gasteiger partial charge in [0.15, 0.2) is 0 Å². The van der Waals surface area contributed by atoms with Crippen molar-refractivity contribution in [2.24, 2.45) is 0 Å². The van der Waals surface area contributed by atoms with E-state index in [-0.39, 0.29) is 0 Å². The zero-order valence-electron chi connectivity index (χ0n) is 14.4. The van der Waals surface area contributed by atoms with Crippen LogP contribution in [0.15, 0.2) is 84.6 Å². The third-order valence-electron chi connectivity index (χ3n) is 4.20. The quantitative estimate of drug-likeness (QED) is 0.485. The molecule has 5 heteroatoms. The van der Waals surface area contributed by atoms with Crippen molar-refractivity contribution in [3.8, 4) is 5.69 Å². The van der Waals surface area contributed by atoms with Gasteiger partial charge in [0.1, 0.15) is 5.01 Å². The molecule has 2 aromatic carbocycles. The molecule has 0 unspecified atom stereocenters. The molecule has 4 aromatic rings. The molecule has 0 saturated carbocycles. The zero-order chi connectivity index (χ0) is 17.6. The summed E-state index contributed by atoms with van der Waals surface area (Å²) >= 11 is 1.71. The maximum atomic E-state index is 4.45. The van der Waals surface area contributed by atoms with Crippen molar-refractivity contribution in [3.05, 3.63) is 101 Å². The Morgan fingerprint density at radius 3 is 2.23 bits per heavy atom. The van der Waals surface area contributed by atoms with Crippen molar-refractivity contribution < 1.29 is 0 Å². The van der Waals surface area contributed by atoms with Crippen LogP contribution in [0.3, 0.4) is 0 Å². The zero-order valence-corrected chi connectivity index (χ0v) is 15.2. The van der Waals surface area contributed by atoms with Gasteiger partial charge in [-0.3, -0.25) is 4.90 Å². The topological polar surface area (TPSA) is 34.0 Å². The first-order valence-corrected chi connectivity index (χ1v) is 9.48. The Labute approximate surface area is 157 Å². The Balaban J connectivity index is 1.50. The summed E-state index contributed by atoms with van der Waals surface area (Å²) in [5.41, 5.74) is 3.68. The Bertz CT molecular complexity index is 901. The minimum absolute atomic E-state index is 0.855. The van der Waals surface area contributed by atoms with E-state index in [1.54, 1.807) is 17.5 Å². The summed E-state index contributed by atoms with van der Waals surface area (Å²) in [5, 5.41) is 7.47. The maximum Gasteiger partial charge on any atom is 0.107 e. The van der Waals surface area contributed by atoms with Crippen LogP contribution in [0.5, 0.6) is 0 Å². The SMILES string of the molecule is c1ccc(CN(Cc2ccc(-n3cccn3)cc2)Cc2nccs2)cc1. The fraction of sp³-hybridized carbons (Fsp3) is 0.143. The highest BCUT2D eigenvalue weighted by Gasteiger charge is 2.10. The number of hydrogen-bond donors (Lipinski definition) is 0. The van der Waals surface area contributed by atoms with Crippen LogP contribution in [-0.2, 0) is 19.6 Å². The van der Waals surface area contributed by atoms with E-state index in [2.05, 4.69) is 69.6 Å². The Morgan fingerprint density at radius 1 is 0.808 bits per heavy atom. The normalized spacial score (nSPS) is 11.1. The third-order valence-corrected chi connectivity index (χ3v) is 4.97. The number of aromatic nitrogens is 3. The number of nitrogens with zero attached hydrogens (tertiary/aromatic N) is 4. The average Bonchev–Trinajstić information content (AvgIpc) is 3.37. The summed E-state index contributed by atoms with van der Waals surface area (Å²) in [5.74, 6) is 0. The van der Waals surface area contributed by atoms with Crippen molar-refractivity contribution >= 4 is 11.3 Å². The molecule has 4 rings (SSSR count). The smallest absolute Gasteiger partial charge is 0.107 e. The third kappa shape index (κ3) is 4.25. The molecule has 4 nitrogen and oxygen atoms in total. The van der Waals surface area contributed by atoms with Gasteiger partial charge >= 0.3 is 0 Å². The second-order valence-electron chi connectivity index (χ2n) is 6.17. The van der Waals surface area contributed by atoms with Crippen LogP contribution in [0.1, 0.15) is 16.1 Å². The van der Waals surface area contributed by atoms with E-state index in [9.17, 15) is 0 Å². The summed E-state index contributed by atoms with van der Waals surface area (Å²) in [7, 11) is 0. The van der Waals surface area contributed by atoms with Crippen LogP contribution in [-0.4, -0.2) is 19.7 Å². The number of thiazole rings is 1. The molecule has 0 fully saturated rings. The molecule has 0 aliphatic heterocycles. The first-order valence-electron chi connectivity index (χ1n) is 8.60. The lowest BCUT2D eigenvalue weighted by molar-refractivity contribution is 0.247. The largest absolute Gasteiger partial charge is 0.288 e. The van der Waals surface area contributed by atoms with Crippen LogP contribution in [0.25, 0.3) is 5.69 Å². The fourth-order valence-corrected chi connectivity index (χ4v) is 3.62. The lowest BCUT2D eigenvalue weighted by atomic mass is 10.1. The van der Waals surface area contributed by atoms with Crippen molar-refractivity contribution in [1.82, 2.24) is 19.7 Å². The fourth-order valence-electron chi connectivity index (χ4n) is 2.97. The predicted octanol–water partition coefficient (Wildman–Crippen LogP) is 4.53. The highest BCUT2D eigenvalue weighted by atomic mass is 32.1. The molecule has 26 heavy (non-hydrogen) atoms. The van der Waals surface area contributed by atoms with Gasteiger partial charge in [-0.25, -0.2) is 9.67 Å². The van der Waals surface area contributed by atoms with Crippen molar-refractivity contribution in [3.63, 3.8) is 0 Å². The van der Waals surface area contributed by atoms with Crippen molar-refractivity contribution in [2.45, 2.75) is 19.6 Å². The molecule has 0 amide bonds. The van der Waals surface area contributed by atoms with Gasteiger partial charge in [-0.1, -0.05) is 42.5 Å². The summed E-state index contributed by atoms with van der Waals surface area (Å²) in [6, 6.07) is 21.1. The van der Waals surface area contributed by atoms with E-state index in [4.69, 9.17) is 0 Å². The molecular formula is C21H20N4S. The first kappa shape index (κ1) is 16.7. The summed E-state index contributed by atoms with van der Waals surface area (Å²) < 4.78 is 1.88. The lowest BCUT2D eigenvalue weighted by Crippen LogP contribution is -2.22. The Kier molecular flexibility index (Phi) is 5.19. The Morgan fingerprint density at radius 2 is 1.58 bits per heavy atom. The second-order valence-corrected chi connectivity index (χ2v) is 7.15. The summed E-state index contributed by atoms with van der Waals surface area (Å²) in [6.45, 7) is 2.64. The molecule has 2 aromatic heterocycles. The van der Waals surface area contributed by atoms with Crippen LogP contribution >= 0.6 is 11.3 Å². The molecule has 0 radical (unpaired) electrons. The maximum absolute atomic E-state index is 4.45. The molecular weight excluding hydrogens is 340 g/mol. The molecule has 0 spiro atoms. The second kappa shape index (κ2) is 8.08. The molecule has 0 atom stereocenters. The monoisotopic (exact) mass is 360 g/mol. The van der Waals surface area contributed by atoms with E-state index in [1.807, 2.05) is 28.5 Å². The van der Waals surface area contributed by atoms with Crippen LogP contribution < -0.4 is 0 Å². The van der Waals surface area contributed by atoms with E-state index in [0.29, 0.717) is 0 Å². The van der Waals surface area contributed by atoms with E-state index < -0.39 is 0 Å². The van der Waals surface area contributed by atoms with Crippen molar-refractivity contribution in [2.75, 3.05) is 0 Å². The van der Waals surface area contributed by atoms with Gasteiger partial charge in [0.05, 0.1) is 12.2 Å². The van der Waals surface area contributed by atoms with Gasteiger partial charge < -0.3 is 0 Å². The minimum atomic E-state index is 0.855. The molecule has 0 aliphatic rings. The number of benzene rings is 2. The molecule has 130 valence electrons. The molecule has 0 N–H and O–H groups in total. The standard InChI is InChI=1S/C21H20N4S/c1-2-5-18(6-3-1)15-24(17-21-22-12-14-26-21)16-19-7-9-20(10-8-19)25-13-4-11-23-25/h1-14H,15-17H2. The molecule has 0 saturated heterocycles. The first-order chi connectivity index (χ1) is 12.9. The summed E-state index contributed by atoms with van der Waals surface area (Å²) in [4.78, 5) is 6.88. The van der Waals surface area contributed by atoms with Gasteiger partial charge in [-0.05, 0) is 29.3 Å². The highest BCUT2D eigenvalue weighted by Crippen LogP contribution is 2.17. The average molecular weight is 360 g/mol. The Hall–Kier alpha value is -2.76. The lowest BCUT2D eigenvalue weighted by Gasteiger charge is -2.21. The van der Waals surface area contributed by atoms with Gasteiger partial charge in [-0.15, -0.1) is 11.3 Å². The van der Waals surface area contributed by atoms with Gasteiger partial charge in [0, 0.05) is 37.1 Å². The van der Waals surface area contributed by atoms with E-state index >= 15 is 0 Å². The van der Waals surface area contributed by atoms with Crippen LogP contribution in [0, 0.1) is 0 Å². The van der Waals surface area contributed by atoms with Crippen molar-refractivity contribution in [1.29, 1.82) is 0 Å². The van der Waals surface area contributed by atoms with E-state index in [1.165, 1.54) is 11.1 Å². The number of rotatable bonds is 7. The van der Waals surface area contributed by atoms with Crippen LogP contribution in [0.4, 0.5) is 0 Å². The summed E-state index contributed by atoms with van der Waals surface area (Å²) in [6.07, 6.45) is 5.63. The van der Waals surface area contributed by atoms with Gasteiger partial charge in [0.2, 0.25) is 0 Å². The molecule has 0 bridgehead atoms. The minimum Gasteiger partial charge on any atom is -0.288 e. The number of hydrogen-bond acceptors (Lipinski definition) is 4. The van der Waals surface area contributed by atoms with Crippen LogP contribution in [0.2, 0.25) is 0 Å². The highest BCUT2D eigenvalue weighted by molar-refractivity contribution is 7.09. The van der Waals surface area contributed by atoms with Gasteiger partial charge in [0.25, 0.3) is 0 Å². The van der Waals surface area contributed by atoms with Gasteiger partial charge in [-0.2, -0.15) is 5.10 Å².